The molecule has 0 bridgehead atoms. The summed E-state index contributed by atoms with van der Waals surface area (Å²) in [6, 6.07) is 62.4. The highest BCUT2D eigenvalue weighted by atomic mass is 16.3. The number of benzene rings is 9. The third kappa shape index (κ3) is 4.17. The lowest BCUT2D eigenvalue weighted by Gasteiger charge is -2.21. The van der Waals surface area contributed by atoms with E-state index >= 15 is 0 Å². The van der Waals surface area contributed by atoms with Gasteiger partial charge < -0.3 is 4.42 Å². The van der Waals surface area contributed by atoms with Crippen molar-refractivity contribution in [1.82, 2.24) is 0 Å². The minimum absolute atomic E-state index is 0.0598. The van der Waals surface area contributed by atoms with Crippen LogP contribution in [0.25, 0.3) is 98.8 Å². The predicted octanol–water partition coefficient (Wildman–Crippen LogP) is 14.4. The summed E-state index contributed by atoms with van der Waals surface area (Å²) in [7, 11) is 0. The first-order valence-corrected chi connectivity index (χ1v) is 18.2. The quantitative estimate of drug-likeness (QED) is 0.172. The summed E-state index contributed by atoms with van der Waals surface area (Å²) < 4.78 is 6.62. The summed E-state index contributed by atoms with van der Waals surface area (Å²) in [5.74, 6) is 0. The lowest BCUT2D eigenvalue weighted by atomic mass is 9.82. The number of rotatable bonds is 3. The predicted molar refractivity (Wildman–Crippen MR) is 220 cm³/mol. The second kappa shape index (κ2) is 10.8. The molecular weight excluding hydrogens is 629 g/mol. The van der Waals surface area contributed by atoms with Crippen LogP contribution in [-0.2, 0) is 5.41 Å². The Labute approximate surface area is 302 Å². The van der Waals surface area contributed by atoms with Crippen LogP contribution in [0.15, 0.2) is 174 Å². The minimum atomic E-state index is -0.0598. The van der Waals surface area contributed by atoms with Crippen molar-refractivity contribution in [3.05, 3.63) is 181 Å². The van der Waals surface area contributed by atoms with Crippen molar-refractivity contribution in [1.29, 1.82) is 0 Å². The molecule has 0 unspecified atom stereocenters. The summed E-state index contributed by atoms with van der Waals surface area (Å²) in [6.45, 7) is 4.64. The molecule has 0 radical (unpaired) electrons. The molecule has 0 aliphatic heterocycles. The van der Waals surface area contributed by atoms with Crippen molar-refractivity contribution >= 4 is 54.3 Å². The van der Waals surface area contributed by atoms with Crippen molar-refractivity contribution in [2.45, 2.75) is 19.3 Å². The summed E-state index contributed by atoms with van der Waals surface area (Å²) in [4.78, 5) is 0. The van der Waals surface area contributed by atoms with E-state index in [1.54, 1.807) is 0 Å². The second-order valence-corrected chi connectivity index (χ2v) is 14.9. The smallest absolute Gasteiger partial charge is 0.136 e. The van der Waals surface area contributed by atoms with Gasteiger partial charge >= 0.3 is 0 Å². The van der Waals surface area contributed by atoms with Gasteiger partial charge in [-0.25, -0.2) is 0 Å². The summed E-state index contributed by atoms with van der Waals surface area (Å²) in [5.41, 5.74) is 14.6. The van der Waals surface area contributed by atoms with Gasteiger partial charge in [0.2, 0.25) is 0 Å². The van der Waals surface area contributed by atoms with E-state index in [1.807, 2.05) is 0 Å². The van der Waals surface area contributed by atoms with Crippen LogP contribution in [0.5, 0.6) is 0 Å². The van der Waals surface area contributed by atoms with E-state index in [2.05, 4.69) is 184 Å². The normalized spacial score (nSPS) is 13.3. The lowest BCUT2D eigenvalue weighted by Crippen LogP contribution is -2.14. The molecule has 0 amide bonds. The molecule has 1 nitrogen and oxygen atoms in total. The van der Waals surface area contributed by atoms with Gasteiger partial charge in [0.15, 0.2) is 0 Å². The maximum absolute atomic E-state index is 6.62. The first kappa shape index (κ1) is 29.3. The fourth-order valence-corrected chi connectivity index (χ4v) is 9.10. The number of hydrogen-bond acceptors (Lipinski definition) is 1. The molecule has 1 aromatic heterocycles. The van der Waals surface area contributed by atoms with Crippen LogP contribution in [0.4, 0.5) is 0 Å². The zero-order valence-corrected chi connectivity index (χ0v) is 29.1. The third-order valence-electron chi connectivity index (χ3n) is 11.6. The van der Waals surface area contributed by atoms with Gasteiger partial charge in [0, 0.05) is 16.2 Å². The summed E-state index contributed by atoms with van der Waals surface area (Å²) in [5, 5.41) is 9.80. The maximum Gasteiger partial charge on any atom is 0.136 e. The molecule has 1 aliphatic rings. The van der Waals surface area contributed by atoms with Crippen molar-refractivity contribution in [3.63, 3.8) is 0 Å². The Bertz CT molecular complexity index is 3030. The zero-order valence-electron chi connectivity index (χ0n) is 29.1. The number of hydrogen-bond donors (Lipinski definition) is 0. The van der Waals surface area contributed by atoms with E-state index < -0.39 is 0 Å². The first-order valence-electron chi connectivity index (χ1n) is 18.2. The van der Waals surface area contributed by atoms with Gasteiger partial charge in [-0.3, -0.25) is 0 Å². The second-order valence-electron chi connectivity index (χ2n) is 14.9. The monoisotopic (exact) mass is 662 g/mol. The largest absolute Gasteiger partial charge is 0.456 e. The molecule has 0 N–H and O–H groups in total. The molecule has 244 valence electrons. The average molecular weight is 663 g/mol. The molecule has 11 rings (SSSR count). The summed E-state index contributed by atoms with van der Waals surface area (Å²) >= 11 is 0. The molecule has 0 spiro atoms. The lowest BCUT2D eigenvalue weighted by molar-refractivity contribution is 0.647. The van der Waals surface area contributed by atoms with E-state index in [9.17, 15) is 0 Å². The van der Waals surface area contributed by atoms with Crippen molar-refractivity contribution in [3.8, 4) is 44.5 Å². The standard InChI is InChI=1S/C51H34O/c1-51(2)45-22-11-10-17-37(45)42-29-44-43-27-34-24-23-33(26-36(34)28-47(43)52-48(44)30-46(42)51)32-15-12-16-35(25-32)50-40-20-8-6-18-38(40)49(31-13-4-3-5-14-31)39-19-7-9-21-41(39)50/h3-30H,1-2H3. The Morgan fingerprint density at radius 2 is 0.923 bits per heavy atom. The van der Waals surface area contributed by atoms with Gasteiger partial charge in [0.25, 0.3) is 0 Å². The minimum Gasteiger partial charge on any atom is -0.456 e. The van der Waals surface area contributed by atoms with Crippen LogP contribution in [0.2, 0.25) is 0 Å². The van der Waals surface area contributed by atoms with Crippen LogP contribution < -0.4 is 0 Å². The fourth-order valence-electron chi connectivity index (χ4n) is 9.10. The van der Waals surface area contributed by atoms with Crippen LogP contribution in [0.3, 0.4) is 0 Å². The molecule has 10 aromatic rings. The fraction of sp³-hybridized carbons (Fsp3) is 0.0588. The van der Waals surface area contributed by atoms with Crippen LogP contribution >= 0.6 is 0 Å². The SMILES string of the molecule is CC1(C)c2ccccc2-c2cc3c(cc21)oc1cc2cc(-c4cccc(-c5c6ccccc6c(-c6ccccc6)c6ccccc56)c4)ccc2cc13. The molecular formula is C51H34O. The summed E-state index contributed by atoms with van der Waals surface area (Å²) in [6.07, 6.45) is 0. The van der Waals surface area contributed by atoms with E-state index in [0.29, 0.717) is 0 Å². The van der Waals surface area contributed by atoms with Gasteiger partial charge in [-0.2, -0.15) is 0 Å². The van der Waals surface area contributed by atoms with E-state index in [4.69, 9.17) is 4.42 Å². The third-order valence-corrected chi connectivity index (χ3v) is 11.6. The first-order chi connectivity index (χ1) is 25.5. The van der Waals surface area contributed by atoms with Crippen LogP contribution in [0.1, 0.15) is 25.0 Å². The molecule has 52 heavy (non-hydrogen) atoms. The highest BCUT2D eigenvalue weighted by Gasteiger charge is 2.36. The van der Waals surface area contributed by atoms with E-state index in [-0.39, 0.29) is 5.41 Å². The van der Waals surface area contributed by atoms with Gasteiger partial charge in [-0.15, -0.1) is 0 Å². The van der Waals surface area contributed by atoms with Gasteiger partial charge in [0.05, 0.1) is 0 Å². The molecule has 1 heteroatoms. The molecule has 0 saturated heterocycles. The highest BCUT2D eigenvalue weighted by Crippen LogP contribution is 2.51. The maximum atomic E-state index is 6.62. The van der Waals surface area contributed by atoms with Crippen molar-refractivity contribution < 1.29 is 4.42 Å². The van der Waals surface area contributed by atoms with Crippen LogP contribution in [-0.4, -0.2) is 0 Å². The van der Waals surface area contributed by atoms with Crippen molar-refractivity contribution in [2.24, 2.45) is 0 Å². The van der Waals surface area contributed by atoms with Gasteiger partial charge in [0.1, 0.15) is 11.2 Å². The molecule has 0 atom stereocenters. The van der Waals surface area contributed by atoms with E-state index in [1.165, 1.54) is 98.7 Å². The number of fused-ring (bicyclic) bond motifs is 9. The Morgan fingerprint density at radius 1 is 0.346 bits per heavy atom. The Hall–Kier alpha value is -6.44. The van der Waals surface area contributed by atoms with Gasteiger partial charge in [-0.05, 0) is 124 Å². The molecule has 1 heterocycles. The topological polar surface area (TPSA) is 13.1 Å². The Kier molecular flexibility index (Phi) is 6.08. The average Bonchev–Trinajstić information content (AvgIpc) is 3.65. The Balaban J connectivity index is 1.05. The zero-order chi connectivity index (χ0) is 34.6. The molecule has 0 saturated carbocycles. The van der Waals surface area contributed by atoms with Crippen LogP contribution in [0, 0.1) is 0 Å². The molecule has 1 aliphatic carbocycles. The number of furan rings is 1. The van der Waals surface area contributed by atoms with Gasteiger partial charge in [-0.1, -0.05) is 147 Å². The highest BCUT2D eigenvalue weighted by molar-refractivity contribution is 6.21. The van der Waals surface area contributed by atoms with E-state index in [0.717, 1.165) is 11.2 Å². The Morgan fingerprint density at radius 3 is 1.67 bits per heavy atom. The van der Waals surface area contributed by atoms with Crippen molar-refractivity contribution in [2.75, 3.05) is 0 Å². The molecule has 9 aromatic carbocycles. The molecule has 0 fully saturated rings.